The van der Waals surface area contributed by atoms with Crippen LogP contribution in [0.4, 0.5) is 5.95 Å². The van der Waals surface area contributed by atoms with Crippen molar-refractivity contribution in [3.05, 3.63) is 54.0 Å². The first-order valence-electron chi connectivity index (χ1n) is 6.66. The van der Waals surface area contributed by atoms with E-state index in [1.54, 1.807) is 12.4 Å². The zero-order valence-corrected chi connectivity index (χ0v) is 11.9. The third kappa shape index (κ3) is 2.54. The number of carboxylic acid groups (broad SMARTS) is 1. The summed E-state index contributed by atoms with van der Waals surface area (Å²) >= 11 is 0. The van der Waals surface area contributed by atoms with Crippen LogP contribution in [-0.4, -0.2) is 26.0 Å². The molecule has 3 rings (SSSR count). The van der Waals surface area contributed by atoms with Gasteiger partial charge in [0.1, 0.15) is 5.69 Å². The SMILES string of the molecule is Cc1cccc(-c2cnc(N)nc2-c2c[nH]c(C(=O)O)c2)c1. The summed E-state index contributed by atoms with van der Waals surface area (Å²) in [7, 11) is 0. The summed E-state index contributed by atoms with van der Waals surface area (Å²) < 4.78 is 0. The number of carboxylic acids is 1. The van der Waals surface area contributed by atoms with E-state index in [-0.39, 0.29) is 11.6 Å². The average Bonchev–Trinajstić information content (AvgIpc) is 2.97. The second-order valence-electron chi connectivity index (χ2n) is 4.97. The van der Waals surface area contributed by atoms with Crippen molar-refractivity contribution in [3.63, 3.8) is 0 Å². The number of nitrogen functional groups attached to an aromatic ring is 1. The number of carbonyl (C=O) groups is 1. The van der Waals surface area contributed by atoms with Crippen LogP contribution in [0.1, 0.15) is 16.1 Å². The third-order valence-corrected chi connectivity index (χ3v) is 3.32. The van der Waals surface area contributed by atoms with E-state index in [4.69, 9.17) is 10.8 Å². The van der Waals surface area contributed by atoms with E-state index in [0.717, 1.165) is 16.7 Å². The number of hydrogen-bond acceptors (Lipinski definition) is 4. The average molecular weight is 294 g/mol. The molecule has 6 nitrogen and oxygen atoms in total. The Bertz CT molecular complexity index is 855. The Labute approximate surface area is 126 Å². The second-order valence-corrected chi connectivity index (χ2v) is 4.97. The van der Waals surface area contributed by atoms with Crippen molar-refractivity contribution in [2.24, 2.45) is 0 Å². The van der Waals surface area contributed by atoms with Crippen molar-refractivity contribution >= 4 is 11.9 Å². The minimum absolute atomic E-state index is 0.0994. The van der Waals surface area contributed by atoms with Crippen molar-refractivity contribution in [2.75, 3.05) is 5.73 Å². The molecular formula is C16H14N4O2. The Hall–Kier alpha value is -3.15. The number of aromatic carboxylic acids is 1. The standard InChI is InChI=1S/C16H14N4O2/c1-9-3-2-4-10(5-9)12-8-19-16(17)20-14(12)11-6-13(15(21)22)18-7-11/h2-8,18H,1H3,(H,21,22)(H2,17,19,20). The smallest absolute Gasteiger partial charge is 0.352 e. The number of nitrogens with zero attached hydrogens (tertiary/aromatic N) is 2. The van der Waals surface area contributed by atoms with Crippen LogP contribution in [0.25, 0.3) is 22.4 Å². The zero-order valence-electron chi connectivity index (χ0n) is 11.9. The Balaban J connectivity index is 2.17. The first kappa shape index (κ1) is 13.8. The number of benzene rings is 1. The molecule has 2 heterocycles. The molecule has 22 heavy (non-hydrogen) atoms. The monoisotopic (exact) mass is 294 g/mol. The van der Waals surface area contributed by atoms with Crippen molar-refractivity contribution in [1.82, 2.24) is 15.0 Å². The number of aryl methyl sites for hydroxylation is 1. The van der Waals surface area contributed by atoms with Crippen molar-refractivity contribution < 1.29 is 9.90 Å². The van der Waals surface area contributed by atoms with E-state index in [2.05, 4.69) is 15.0 Å². The van der Waals surface area contributed by atoms with Crippen molar-refractivity contribution in [1.29, 1.82) is 0 Å². The summed E-state index contributed by atoms with van der Waals surface area (Å²) in [5, 5.41) is 9.03. The molecule has 3 aromatic rings. The minimum Gasteiger partial charge on any atom is -0.477 e. The molecule has 110 valence electrons. The molecule has 2 aromatic heterocycles. The van der Waals surface area contributed by atoms with Gasteiger partial charge in [0.2, 0.25) is 5.95 Å². The number of aromatic amines is 1. The fraction of sp³-hybridized carbons (Fsp3) is 0.0625. The Morgan fingerprint density at radius 1 is 1.27 bits per heavy atom. The van der Waals surface area contributed by atoms with E-state index >= 15 is 0 Å². The highest BCUT2D eigenvalue weighted by Gasteiger charge is 2.14. The van der Waals surface area contributed by atoms with Gasteiger partial charge in [0.15, 0.2) is 0 Å². The summed E-state index contributed by atoms with van der Waals surface area (Å²) in [4.78, 5) is 22.1. The number of hydrogen-bond donors (Lipinski definition) is 3. The van der Waals surface area contributed by atoms with Crippen molar-refractivity contribution in [2.45, 2.75) is 6.92 Å². The maximum Gasteiger partial charge on any atom is 0.352 e. The van der Waals surface area contributed by atoms with Gasteiger partial charge in [0.05, 0.1) is 5.69 Å². The number of anilines is 1. The summed E-state index contributed by atoms with van der Waals surface area (Å²) in [6.45, 7) is 2.00. The molecule has 0 aliphatic rings. The molecule has 0 saturated carbocycles. The fourth-order valence-corrected chi connectivity index (χ4v) is 2.29. The molecular weight excluding hydrogens is 280 g/mol. The lowest BCUT2D eigenvalue weighted by molar-refractivity contribution is 0.0691. The quantitative estimate of drug-likeness (QED) is 0.689. The summed E-state index contributed by atoms with van der Waals surface area (Å²) in [6, 6.07) is 9.45. The third-order valence-electron chi connectivity index (χ3n) is 3.32. The topological polar surface area (TPSA) is 105 Å². The van der Waals surface area contributed by atoms with Crippen LogP contribution in [0.2, 0.25) is 0 Å². The lowest BCUT2D eigenvalue weighted by atomic mass is 10.0. The van der Waals surface area contributed by atoms with Crippen LogP contribution in [0.5, 0.6) is 0 Å². The number of H-pyrrole nitrogens is 1. The minimum atomic E-state index is -1.02. The van der Waals surface area contributed by atoms with E-state index < -0.39 is 5.97 Å². The highest BCUT2D eigenvalue weighted by Crippen LogP contribution is 2.31. The lowest BCUT2D eigenvalue weighted by Crippen LogP contribution is -1.98. The predicted molar refractivity (Wildman–Crippen MR) is 83.4 cm³/mol. The second kappa shape index (κ2) is 5.33. The molecule has 1 aromatic carbocycles. The van der Waals surface area contributed by atoms with Crippen LogP contribution in [-0.2, 0) is 0 Å². The molecule has 0 aliphatic heterocycles. The van der Waals surface area contributed by atoms with Crippen LogP contribution < -0.4 is 5.73 Å². The predicted octanol–water partition coefficient (Wildman–Crippen LogP) is 2.73. The number of nitrogens with two attached hydrogens (primary N) is 1. The largest absolute Gasteiger partial charge is 0.477 e. The van der Waals surface area contributed by atoms with Gasteiger partial charge < -0.3 is 15.8 Å². The molecule has 0 amide bonds. The van der Waals surface area contributed by atoms with Gasteiger partial charge in [0.25, 0.3) is 0 Å². The molecule has 0 bridgehead atoms. The Morgan fingerprint density at radius 3 is 2.77 bits per heavy atom. The zero-order chi connectivity index (χ0) is 15.7. The van der Waals surface area contributed by atoms with Gasteiger partial charge in [-0.1, -0.05) is 29.8 Å². The van der Waals surface area contributed by atoms with Gasteiger partial charge in [-0.05, 0) is 18.6 Å². The van der Waals surface area contributed by atoms with E-state index in [1.807, 2.05) is 31.2 Å². The molecule has 6 heteroatoms. The van der Waals surface area contributed by atoms with Crippen LogP contribution in [0.15, 0.2) is 42.7 Å². The Morgan fingerprint density at radius 2 is 2.09 bits per heavy atom. The molecule has 0 saturated heterocycles. The van der Waals surface area contributed by atoms with Gasteiger partial charge >= 0.3 is 5.97 Å². The van der Waals surface area contributed by atoms with Crippen LogP contribution >= 0.6 is 0 Å². The number of rotatable bonds is 3. The van der Waals surface area contributed by atoms with Gasteiger partial charge in [-0.25, -0.2) is 14.8 Å². The molecule has 0 aliphatic carbocycles. The molecule has 4 N–H and O–H groups in total. The summed E-state index contributed by atoms with van der Waals surface area (Å²) in [5.41, 5.74) is 9.91. The van der Waals surface area contributed by atoms with Gasteiger partial charge in [0, 0.05) is 23.5 Å². The molecule has 0 spiro atoms. The number of aromatic nitrogens is 3. The van der Waals surface area contributed by atoms with Crippen LogP contribution in [0, 0.1) is 6.92 Å². The molecule has 0 radical (unpaired) electrons. The first-order chi connectivity index (χ1) is 10.5. The lowest BCUT2D eigenvalue weighted by Gasteiger charge is -2.08. The van der Waals surface area contributed by atoms with Gasteiger partial charge in [-0.3, -0.25) is 0 Å². The normalized spacial score (nSPS) is 10.6. The van der Waals surface area contributed by atoms with E-state index in [9.17, 15) is 4.79 Å². The van der Waals surface area contributed by atoms with E-state index in [0.29, 0.717) is 11.3 Å². The van der Waals surface area contributed by atoms with Crippen molar-refractivity contribution in [3.8, 4) is 22.4 Å². The van der Waals surface area contributed by atoms with Crippen LogP contribution in [0.3, 0.4) is 0 Å². The number of nitrogens with one attached hydrogen (secondary N) is 1. The first-order valence-corrected chi connectivity index (χ1v) is 6.66. The highest BCUT2D eigenvalue weighted by atomic mass is 16.4. The summed E-state index contributed by atoms with van der Waals surface area (Å²) in [6.07, 6.45) is 3.25. The molecule has 0 atom stereocenters. The summed E-state index contributed by atoms with van der Waals surface area (Å²) in [5.74, 6) is -0.880. The Kier molecular flexibility index (Phi) is 3.34. The maximum absolute atomic E-state index is 11.0. The van der Waals surface area contributed by atoms with Gasteiger partial charge in [-0.2, -0.15) is 0 Å². The molecule has 0 fully saturated rings. The van der Waals surface area contributed by atoms with E-state index in [1.165, 1.54) is 6.07 Å². The molecule has 0 unspecified atom stereocenters. The highest BCUT2D eigenvalue weighted by molar-refractivity contribution is 5.89. The fourth-order valence-electron chi connectivity index (χ4n) is 2.29. The maximum atomic E-state index is 11.0. The van der Waals surface area contributed by atoms with Gasteiger partial charge in [-0.15, -0.1) is 0 Å².